The molecular formula is C21H28N2O4. The summed E-state index contributed by atoms with van der Waals surface area (Å²) in [5.41, 5.74) is 4.20. The third-order valence-corrected chi connectivity index (χ3v) is 5.13. The van der Waals surface area contributed by atoms with Crippen molar-refractivity contribution in [2.75, 3.05) is 33.2 Å². The van der Waals surface area contributed by atoms with Gasteiger partial charge in [0.1, 0.15) is 5.57 Å². The molecule has 2 aliphatic heterocycles. The van der Waals surface area contributed by atoms with Crippen LogP contribution in [-0.2, 0) is 25.6 Å². The van der Waals surface area contributed by atoms with Gasteiger partial charge in [-0.15, -0.1) is 0 Å². The van der Waals surface area contributed by atoms with Crippen molar-refractivity contribution < 1.29 is 19.1 Å². The smallest absolute Gasteiger partial charge is 0.348 e. The highest BCUT2D eigenvalue weighted by Crippen LogP contribution is 2.26. The fourth-order valence-corrected chi connectivity index (χ4v) is 3.42. The SMILES string of the molecule is Cc1cc(C)c(CN2CCN(C)CC2)cc1C=C1C(=O)OC(C)(C)OC1=O. The van der Waals surface area contributed by atoms with Crippen molar-refractivity contribution in [3.05, 3.63) is 40.0 Å². The van der Waals surface area contributed by atoms with Gasteiger partial charge in [-0.1, -0.05) is 6.07 Å². The van der Waals surface area contributed by atoms with Crippen molar-refractivity contribution in [1.29, 1.82) is 0 Å². The number of nitrogens with zero attached hydrogens (tertiary/aromatic N) is 2. The van der Waals surface area contributed by atoms with Gasteiger partial charge in [-0.2, -0.15) is 0 Å². The molecule has 0 bridgehead atoms. The third-order valence-electron chi connectivity index (χ3n) is 5.13. The molecule has 0 aliphatic carbocycles. The molecule has 6 heteroatoms. The lowest BCUT2D eigenvalue weighted by molar-refractivity contribution is -0.222. The van der Waals surface area contributed by atoms with E-state index in [1.54, 1.807) is 19.9 Å². The van der Waals surface area contributed by atoms with Crippen LogP contribution in [0.3, 0.4) is 0 Å². The zero-order valence-corrected chi connectivity index (χ0v) is 16.8. The third kappa shape index (κ3) is 4.57. The first-order valence-electron chi connectivity index (χ1n) is 9.34. The topological polar surface area (TPSA) is 59.1 Å². The summed E-state index contributed by atoms with van der Waals surface area (Å²) >= 11 is 0. The highest BCUT2D eigenvalue weighted by molar-refractivity contribution is 6.18. The molecule has 2 heterocycles. The molecule has 0 saturated carbocycles. The first-order chi connectivity index (χ1) is 12.6. The predicted octanol–water partition coefficient (Wildman–Crippen LogP) is 2.27. The number of benzene rings is 1. The van der Waals surface area contributed by atoms with Crippen LogP contribution in [0.5, 0.6) is 0 Å². The van der Waals surface area contributed by atoms with Gasteiger partial charge in [0.05, 0.1) is 0 Å². The summed E-state index contributed by atoms with van der Waals surface area (Å²) in [7, 11) is 2.14. The predicted molar refractivity (Wildman–Crippen MR) is 103 cm³/mol. The Morgan fingerprint density at radius 3 is 2.19 bits per heavy atom. The van der Waals surface area contributed by atoms with Crippen LogP contribution in [0.4, 0.5) is 0 Å². The van der Waals surface area contributed by atoms with Gasteiger partial charge < -0.3 is 14.4 Å². The summed E-state index contributed by atoms with van der Waals surface area (Å²) in [6, 6.07) is 4.16. The van der Waals surface area contributed by atoms with E-state index >= 15 is 0 Å². The van der Waals surface area contributed by atoms with E-state index in [1.165, 1.54) is 11.1 Å². The lowest BCUT2D eigenvalue weighted by Gasteiger charge is -2.32. The Kier molecular flexibility index (Phi) is 5.40. The van der Waals surface area contributed by atoms with Gasteiger partial charge in [-0.3, -0.25) is 4.90 Å². The quantitative estimate of drug-likeness (QED) is 0.461. The number of carbonyl (C=O) groups excluding carboxylic acids is 2. The molecule has 0 amide bonds. The number of carbonyl (C=O) groups is 2. The molecule has 2 aliphatic rings. The summed E-state index contributed by atoms with van der Waals surface area (Å²) in [6.45, 7) is 12.2. The van der Waals surface area contributed by atoms with Gasteiger partial charge in [-0.25, -0.2) is 9.59 Å². The lowest BCUT2D eigenvalue weighted by atomic mass is 9.97. The lowest BCUT2D eigenvalue weighted by Crippen LogP contribution is -2.44. The summed E-state index contributed by atoms with van der Waals surface area (Å²) < 4.78 is 10.4. The van der Waals surface area contributed by atoms with Crippen LogP contribution in [0.25, 0.3) is 6.08 Å². The second-order valence-corrected chi connectivity index (χ2v) is 7.95. The van der Waals surface area contributed by atoms with Gasteiger partial charge in [0.2, 0.25) is 0 Å². The Bertz CT molecular complexity index is 768. The van der Waals surface area contributed by atoms with Crippen molar-refractivity contribution >= 4 is 18.0 Å². The molecule has 1 aromatic rings. The summed E-state index contributed by atoms with van der Waals surface area (Å²) in [5.74, 6) is -2.51. The number of piperazine rings is 1. The van der Waals surface area contributed by atoms with E-state index in [4.69, 9.17) is 9.47 Å². The Balaban J connectivity index is 1.85. The van der Waals surface area contributed by atoms with Gasteiger partial charge in [0.25, 0.3) is 5.79 Å². The second-order valence-electron chi connectivity index (χ2n) is 7.95. The molecule has 1 aromatic carbocycles. The molecule has 2 saturated heterocycles. The van der Waals surface area contributed by atoms with Crippen molar-refractivity contribution in [2.24, 2.45) is 0 Å². The molecule has 0 N–H and O–H groups in total. The maximum Gasteiger partial charge on any atom is 0.348 e. The van der Waals surface area contributed by atoms with Gasteiger partial charge in [0.15, 0.2) is 0 Å². The second kappa shape index (κ2) is 7.44. The fraction of sp³-hybridized carbons (Fsp3) is 0.524. The Hall–Kier alpha value is -2.18. The van der Waals surface area contributed by atoms with E-state index in [1.807, 2.05) is 6.92 Å². The Morgan fingerprint density at radius 1 is 1.00 bits per heavy atom. The van der Waals surface area contributed by atoms with Crippen molar-refractivity contribution in [1.82, 2.24) is 9.80 Å². The number of rotatable bonds is 3. The summed E-state index contributed by atoms with van der Waals surface area (Å²) in [6.07, 6.45) is 1.59. The molecule has 27 heavy (non-hydrogen) atoms. The molecule has 6 nitrogen and oxygen atoms in total. The molecule has 0 spiro atoms. The van der Waals surface area contributed by atoms with E-state index in [0.29, 0.717) is 0 Å². The van der Waals surface area contributed by atoms with Crippen LogP contribution >= 0.6 is 0 Å². The first kappa shape index (κ1) is 19.6. The molecular weight excluding hydrogens is 344 g/mol. The molecule has 0 radical (unpaired) electrons. The van der Waals surface area contributed by atoms with E-state index < -0.39 is 17.7 Å². The standard InChI is InChI=1S/C21H28N2O4/c1-14-10-15(2)17(13-23-8-6-22(5)7-9-23)11-16(14)12-18-19(24)26-21(3,4)27-20(18)25/h10-12H,6-9,13H2,1-5H3. The Morgan fingerprint density at radius 2 is 1.59 bits per heavy atom. The number of aryl methyl sites for hydroxylation is 2. The molecule has 0 atom stereocenters. The molecule has 3 rings (SSSR count). The summed E-state index contributed by atoms with van der Waals surface area (Å²) in [4.78, 5) is 29.2. The van der Waals surface area contributed by atoms with Crippen LogP contribution in [0, 0.1) is 13.8 Å². The zero-order chi connectivity index (χ0) is 19.8. The van der Waals surface area contributed by atoms with Crippen LogP contribution in [0.15, 0.2) is 17.7 Å². The van der Waals surface area contributed by atoms with Crippen molar-refractivity contribution in [2.45, 2.75) is 40.0 Å². The van der Waals surface area contributed by atoms with Crippen LogP contribution in [0.1, 0.15) is 36.1 Å². The molecule has 146 valence electrons. The number of esters is 2. The minimum atomic E-state index is -1.22. The monoisotopic (exact) mass is 372 g/mol. The number of cyclic esters (lactones) is 2. The van der Waals surface area contributed by atoms with Crippen molar-refractivity contribution in [3.63, 3.8) is 0 Å². The average Bonchev–Trinajstić information content (AvgIpc) is 2.55. The normalized spacial score (nSPS) is 21.0. The van der Waals surface area contributed by atoms with Crippen LogP contribution in [0.2, 0.25) is 0 Å². The average molecular weight is 372 g/mol. The Labute approximate surface area is 160 Å². The number of hydrogen-bond donors (Lipinski definition) is 0. The van der Waals surface area contributed by atoms with Crippen LogP contribution < -0.4 is 0 Å². The summed E-state index contributed by atoms with van der Waals surface area (Å²) in [5, 5.41) is 0. The number of likely N-dealkylation sites (N-methyl/N-ethyl adjacent to an activating group) is 1. The van der Waals surface area contributed by atoms with E-state index in [-0.39, 0.29) is 5.57 Å². The maximum atomic E-state index is 12.2. The maximum absolute atomic E-state index is 12.2. The fourth-order valence-electron chi connectivity index (χ4n) is 3.42. The van der Waals surface area contributed by atoms with Crippen LogP contribution in [-0.4, -0.2) is 60.8 Å². The van der Waals surface area contributed by atoms with E-state index in [9.17, 15) is 9.59 Å². The van der Waals surface area contributed by atoms with E-state index in [0.717, 1.165) is 43.9 Å². The number of ether oxygens (including phenoxy) is 2. The molecule has 2 fully saturated rings. The molecule has 0 unspecified atom stereocenters. The highest BCUT2D eigenvalue weighted by atomic mass is 16.7. The van der Waals surface area contributed by atoms with Gasteiger partial charge >= 0.3 is 11.9 Å². The molecule has 0 aromatic heterocycles. The van der Waals surface area contributed by atoms with Gasteiger partial charge in [0, 0.05) is 46.6 Å². The zero-order valence-electron chi connectivity index (χ0n) is 16.8. The number of hydrogen-bond acceptors (Lipinski definition) is 6. The van der Waals surface area contributed by atoms with Crippen molar-refractivity contribution in [3.8, 4) is 0 Å². The van der Waals surface area contributed by atoms with E-state index in [2.05, 4.69) is 35.9 Å². The minimum absolute atomic E-state index is 0.0631. The van der Waals surface area contributed by atoms with Gasteiger partial charge in [-0.05, 0) is 55.3 Å². The highest BCUT2D eigenvalue weighted by Gasteiger charge is 2.38. The minimum Gasteiger partial charge on any atom is -0.419 e. The first-order valence-corrected chi connectivity index (χ1v) is 9.34. The largest absolute Gasteiger partial charge is 0.419 e.